The minimum Gasteiger partial charge on any atom is -0.380 e. The van der Waals surface area contributed by atoms with Gasteiger partial charge in [0.05, 0.1) is 31.8 Å². The second-order valence-corrected chi connectivity index (χ2v) is 5.24. The predicted molar refractivity (Wildman–Crippen MR) is 77.5 cm³/mol. The van der Waals surface area contributed by atoms with Gasteiger partial charge in [-0.15, -0.1) is 12.4 Å². The van der Waals surface area contributed by atoms with Gasteiger partial charge in [0.1, 0.15) is 0 Å². The predicted octanol–water partition coefficient (Wildman–Crippen LogP) is 1.05. The molecule has 0 aromatic heterocycles. The molecule has 2 atom stereocenters. The summed E-state index contributed by atoms with van der Waals surface area (Å²) in [5.74, 6) is 0.681. The number of amides is 1. The molecule has 1 aliphatic heterocycles. The zero-order valence-corrected chi connectivity index (χ0v) is 12.9. The Kier molecular flexibility index (Phi) is 9.35. The average molecular weight is 295 g/mol. The SMILES string of the molecule is COC(CN)CC(=O)N1CCOCC1CC(C)C.Cl. The van der Waals surface area contributed by atoms with Crippen LogP contribution in [-0.4, -0.2) is 56.4 Å². The standard InChI is InChI=1S/C13H26N2O3.ClH/c1-10(2)6-11-9-18-5-4-15(11)13(16)7-12(8-14)17-3;/h10-12H,4-9,14H2,1-3H3;1H. The molecule has 2 unspecified atom stereocenters. The molecule has 0 aromatic rings. The van der Waals surface area contributed by atoms with Crippen LogP contribution in [0.4, 0.5) is 0 Å². The van der Waals surface area contributed by atoms with E-state index in [1.165, 1.54) is 0 Å². The van der Waals surface area contributed by atoms with Gasteiger partial charge in [-0.25, -0.2) is 0 Å². The minimum absolute atomic E-state index is 0. The Labute approximate surface area is 122 Å². The van der Waals surface area contributed by atoms with Crippen LogP contribution in [0, 0.1) is 5.92 Å². The molecular weight excluding hydrogens is 268 g/mol. The molecule has 0 bridgehead atoms. The van der Waals surface area contributed by atoms with Crippen molar-refractivity contribution < 1.29 is 14.3 Å². The normalized spacial score (nSPS) is 21.1. The number of carbonyl (C=O) groups excluding carboxylic acids is 1. The molecule has 2 N–H and O–H groups in total. The number of nitrogens with zero attached hydrogens (tertiary/aromatic N) is 1. The van der Waals surface area contributed by atoms with Crippen molar-refractivity contribution in [2.45, 2.75) is 38.8 Å². The minimum atomic E-state index is -0.181. The van der Waals surface area contributed by atoms with E-state index in [1.54, 1.807) is 7.11 Å². The third-order valence-electron chi connectivity index (χ3n) is 3.29. The molecule has 1 heterocycles. The van der Waals surface area contributed by atoms with Crippen molar-refractivity contribution in [1.29, 1.82) is 0 Å². The van der Waals surface area contributed by atoms with E-state index >= 15 is 0 Å². The quantitative estimate of drug-likeness (QED) is 0.795. The van der Waals surface area contributed by atoms with E-state index in [2.05, 4.69) is 13.8 Å². The summed E-state index contributed by atoms with van der Waals surface area (Å²) in [6.45, 7) is 6.65. The Balaban J connectivity index is 0.00000324. The maximum atomic E-state index is 12.3. The first kappa shape index (κ1) is 18.6. The van der Waals surface area contributed by atoms with E-state index in [4.69, 9.17) is 15.2 Å². The summed E-state index contributed by atoms with van der Waals surface area (Å²) in [4.78, 5) is 14.2. The second-order valence-electron chi connectivity index (χ2n) is 5.24. The number of halogens is 1. The lowest BCUT2D eigenvalue weighted by Crippen LogP contribution is -2.50. The van der Waals surface area contributed by atoms with Gasteiger partial charge in [-0.2, -0.15) is 0 Å². The van der Waals surface area contributed by atoms with Crippen LogP contribution in [0.3, 0.4) is 0 Å². The first-order valence-corrected chi connectivity index (χ1v) is 6.68. The van der Waals surface area contributed by atoms with E-state index in [9.17, 15) is 4.79 Å². The molecule has 114 valence electrons. The van der Waals surface area contributed by atoms with Gasteiger partial charge in [-0.05, 0) is 12.3 Å². The molecule has 6 heteroatoms. The van der Waals surface area contributed by atoms with Crippen LogP contribution in [0.5, 0.6) is 0 Å². The summed E-state index contributed by atoms with van der Waals surface area (Å²) in [6, 6.07) is 0.196. The maximum absolute atomic E-state index is 12.3. The smallest absolute Gasteiger partial charge is 0.225 e. The van der Waals surface area contributed by atoms with Gasteiger partial charge >= 0.3 is 0 Å². The zero-order chi connectivity index (χ0) is 13.5. The molecular formula is C13H27ClN2O3. The Hall–Kier alpha value is -0.360. The summed E-state index contributed by atoms with van der Waals surface area (Å²) in [5, 5.41) is 0. The highest BCUT2D eigenvalue weighted by Gasteiger charge is 2.28. The Morgan fingerprint density at radius 1 is 1.53 bits per heavy atom. The van der Waals surface area contributed by atoms with Crippen molar-refractivity contribution >= 4 is 18.3 Å². The van der Waals surface area contributed by atoms with Crippen LogP contribution in [0.25, 0.3) is 0 Å². The zero-order valence-electron chi connectivity index (χ0n) is 12.1. The highest BCUT2D eigenvalue weighted by Crippen LogP contribution is 2.17. The molecule has 1 amide bonds. The molecule has 0 spiro atoms. The molecule has 5 nitrogen and oxygen atoms in total. The number of hydrogen-bond acceptors (Lipinski definition) is 4. The Bertz CT molecular complexity index is 260. The summed E-state index contributed by atoms with van der Waals surface area (Å²) in [5.41, 5.74) is 5.56. The molecule has 0 aromatic carbocycles. The molecule has 19 heavy (non-hydrogen) atoms. The maximum Gasteiger partial charge on any atom is 0.225 e. The summed E-state index contributed by atoms with van der Waals surface area (Å²) >= 11 is 0. The monoisotopic (exact) mass is 294 g/mol. The van der Waals surface area contributed by atoms with Crippen LogP contribution in [0.15, 0.2) is 0 Å². The van der Waals surface area contributed by atoms with Crippen LogP contribution < -0.4 is 5.73 Å². The van der Waals surface area contributed by atoms with E-state index in [0.29, 0.717) is 38.6 Å². The van der Waals surface area contributed by atoms with E-state index in [1.807, 2.05) is 4.90 Å². The fraction of sp³-hybridized carbons (Fsp3) is 0.923. The van der Waals surface area contributed by atoms with Crippen LogP contribution in [0.2, 0.25) is 0 Å². The highest BCUT2D eigenvalue weighted by molar-refractivity contribution is 5.85. The number of rotatable bonds is 6. The number of methoxy groups -OCH3 is 1. The summed E-state index contributed by atoms with van der Waals surface area (Å²) in [6.07, 6.45) is 1.16. The van der Waals surface area contributed by atoms with Crippen molar-refractivity contribution in [1.82, 2.24) is 4.90 Å². The van der Waals surface area contributed by atoms with Crippen LogP contribution >= 0.6 is 12.4 Å². The lowest BCUT2D eigenvalue weighted by atomic mass is 10.0. The number of hydrogen-bond donors (Lipinski definition) is 1. The lowest BCUT2D eigenvalue weighted by molar-refractivity contribution is -0.142. The molecule has 1 saturated heterocycles. The van der Waals surface area contributed by atoms with Crippen molar-refractivity contribution in [2.75, 3.05) is 33.4 Å². The third kappa shape index (κ3) is 6.08. The average Bonchev–Trinajstić information content (AvgIpc) is 2.35. The van der Waals surface area contributed by atoms with Gasteiger partial charge in [0.2, 0.25) is 5.91 Å². The highest BCUT2D eigenvalue weighted by atomic mass is 35.5. The van der Waals surface area contributed by atoms with Crippen molar-refractivity contribution in [3.05, 3.63) is 0 Å². The first-order valence-electron chi connectivity index (χ1n) is 6.68. The van der Waals surface area contributed by atoms with Crippen molar-refractivity contribution in [3.63, 3.8) is 0 Å². The van der Waals surface area contributed by atoms with Gasteiger partial charge in [0.25, 0.3) is 0 Å². The molecule has 0 saturated carbocycles. The number of ether oxygens (including phenoxy) is 2. The van der Waals surface area contributed by atoms with E-state index in [0.717, 1.165) is 6.42 Å². The fourth-order valence-electron chi connectivity index (χ4n) is 2.30. The van der Waals surface area contributed by atoms with E-state index in [-0.39, 0.29) is 30.5 Å². The number of nitrogens with two attached hydrogens (primary N) is 1. The first-order chi connectivity index (χ1) is 8.58. The molecule has 0 radical (unpaired) electrons. The van der Waals surface area contributed by atoms with Crippen molar-refractivity contribution in [3.8, 4) is 0 Å². The Morgan fingerprint density at radius 2 is 2.21 bits per heavy atom. The summed E-state index contributed by atoms with van der Waals surface area (Å²) in [7, 11) is 1.59. The molecule has 1 rings (SSSR count). The van der Waals surface area contributed by atoms with Gasteiger partial charge in [-0.1, -0.05) is 13.8 Å². The molecule has 0 aliphatic carbocycles. The van der Waals surface area contributed by atoms with E-state index < -0.39 is 0 Å². The summed E-state index contributed by atoms with van der Waals surface area (Å²) < 4.78 is 10.6. The van der Waals surface area contributed by atoms with Gasteiger partial charge < -0.3 is 20.1 Å². The number of morpholine rings is 1. The topological polar surface area (TPSA) is 64.8 Å². The number of carbonyl (C=O) groups is 1. The molecule has 1 fully saturated rings. The molecule has 1 aliphatic rings. The van der Waals surface area contributed by atoms with Gasteiger partial charge in [-0.3, -0.25) is 4.79 Å². The van der Waals surface area contributed by atoms with Gasteiger partial charge in [0, 0.05) is 20.2 Å². The van der Waals surface area contributed by atoms with Crippen LogP contribution in [-0.2, 0) is 14.3 Å². The van der Waals surface area contributed by atoms with Crippen molar-refractivity contribution in [2.24, 2.45) is 11.7 Å². The lowest BCUT2D eigenvalue weighted by Gasteiger charge is -2.37. The van der Waals surface area contributed by atoms with Gasteiger partial charge in [0.15, 0.2) is 0 Å². The third-order valence-corrected chi connectivity index (χ3v) is 3.29. The Morgan fingerprint density at radius 3 is 2.74 bits per heavy atom. The largest absolute Gasteiger partial charge is 0.380 e. The van der Waals surface area contributed by atoms with Crippen LogP contribution in [0.1, 0.15) is 26.7 Å². The second kappa shape index (κ2) is 9.53. The fourth-order valence-corrected chi connectivity index (χ4v) is 2.30.